The lowest BCUT2D eigenvalue weighted by Crippen LogP contribution is -2.39. The highest BCUT2D eigenvalue weighted by Crippen LogP contribution is 2.21. The van der Waals surface area contributed by atoms with Gasteiger partial charge in [-0.25, -0.2) is 0 Å². The van der Waals surface area contributed by atoms with Crippen molar-refractivity contribution in [1.82, 2.24) is 4.90 Å². The van der Waals surface area contributed by atoms with Crippen LogP contribution in [-0.2, 0) is 17.8 Å². The van der Waals surface area contributed by atoms with E-state index in [1.165, 1.54) is 22.3 Å². The molecule has 0 aliphatic carbocycles. The van der Waals surface area contributed by atoms with Crippen LogP contribution >= 0.6 is 0 Å². The molecule has 1 heterocycles. The number of carbonyl (C=O) groups excluding carboxylic acids is 1. The molecule has 1 amide bonds. The zero-order valence-electron chi connectivity index (χ0n) is 13.2. The quantitative estimate of drug-likeness (QED) is 0.942. The van der Waals surface area contributed by atoms with Gasteiger partial charge in [-0.1, -0.05) is 42.5 Å². The van der Waals surface area contributed by atoms with Gasteiger partial charge in [0, 0.05) is 18.8 Å². The Balaban J connectivity index is 1.64. The lowest BCUT2D eigenvalue weighted by Gasteiger charge is -2.29. The first kappa shape index (κ1) is 14.6. The summed E-state index contributed by atoms with van der Waals surface area (Å²) in [7, 11) is 0. The first-order valence-corrected chi connectivity index (χ1v) is 7.80. The third-order valence-corrected chi connectivity index (χ3v) is 4.38. The summed E-state index contributed by atoms with van der Waals surface area (Å²) in [6.45, 7) is 6.02. The zero-order chi connectivity index (χ0) is 15.5. The van der Waals surface area contributed by atoms with Gasteiger partial charge in [-0.2, -0.15) is 0 Å². The molecule has 0 spiro atoms. The van der Waals surface area contributed by atoms with E-state index in [1.54, 1.807) is 0 Å². The minimum atomic E-state index is 0.164. The molecule has 1 N–H and O–H groups in total. The van der Waals surface area contributed by atoms with E-state index in [2.05, 4.69) is 49.5 Å². The van der Waals surface area contributed by atoms with Crippen molar-refractivity contribution >= 4 is 11.6 Å². The van der Waals surface area contributed by atoms with Gasteiger partial charge < -0.3 is 10.2 Å². The molecule has 0 fully saturated rings. The van der Waals surface area contributed by atoms with E-state index in [9.17, 15) is 4.79 Å². The molecule has 0 radical (unpaired) electrons. The molecule has 1 aliphatic rings. The second kappa shape index (κ2) is 6.22. The normalized spacial score (nSPS) is 13.6. The van der Waals surface area contributed by atoms with Crippen molar-refractivity contribution in [2.75, 3.05) is 18.4 Å². The summed E-state index contributed by atoms with van der Waals surface area (Å²) in [4.78, 5) is 14.4. The molecule has 2 aromatic rings. The summed E-state index contributed by atoms with van der Waals surface area (Å²) in [5.41, 5.74) is 6.07. The highest BCUT2D eigenvalue weighted by atomic mass is 16.2. The third-order valence-electron chi connectivity index (χ3n) is 4.38. The van der Waals surface area contributed by atoms with Crippen LogP contribution in [0.15, 0.2) is 42.5 Å². The van der Waals surface area contributed by atoms with Gasteiger partial charge >= 0.3 is 0 Å². The molecule has 22 heavy (non-hydrogen) atoms. The van der Waals surface area contributed by atoms with Gasteiger partial charge in [0.05, 0.1) is 6.54 Å². The number of nitrogens with zero attached hydrogens (tertiary/aromatic N) is 1. The highest BCUT2D eigenvalue weighted by Gasteiger charge is 2.20. The Morgan fingerprint density at radius 3 is 2.45 bits per heavy atom. The Labute approximate surface area is 132 Å². The van der Waals surface area contributed by atoms with Crippen molar-refractivity contribution in [1.29, 1.82) is 0 Å². The maximum Gasteiger partial charge on any atom is 0.242 e. The smallest absolute Gasteiger partial charge is 0.242 e. The number of nitrogens with one attached hydrogen (secondary N) is 1. The molecule has 0 saturated heterocycles. The van der Waals surface area contributed by atoms with Gasteiger partial charge in [-0.15, -0.1) is 0 Å². The van der Waals surface area contributed by atoms with Gasteiger partial charge in [-0.3, -0.25) is 4.79 Å². The number of benzene rings is 2. The molecular formula is C19H22N2O. The average Bonchev–Trinajstić information content (AvgIpc) is 2.53. The van der Waals surface area contributed by atoms with E-state index in [0.29, 0.717) is 6.54 Å². The Hall–Kier alpha value is -2.29. The fourth-order valence-electron chi connectivity index (χ4n) is 3.08. The van der Waals surface area contributed by atoms with Crippen molar-refractivity contribution in [2.24, 2.45) is 0 Å². The Morgan fingerprint density at radius 2 is 1.73 bits per heavy atom. The molecule has 3 rings (SSSR count). The summed E-state index contributed by atoms with van der Waals surface area (Å²) in [5.74, 6) is 0.164. The van der Waals surface area contributed by atoms with Gasteiger partial charge in [0.25, 0.3) is 0 Å². The topological polar surface area (TPSA) is 32.3 Å². The SMILES string of the molecule is Cc1cccc(C)c1NCC(=O)N1CCc2ccccc2C1. The third kappa shape index (κ3) is 2.98. The van der Waals surface area contributed by atoms with Crippen LogP contribution in [0.1, 0.15) is 22.3 Å². The molecule has 114 valence electrons. The van der Waals surface area contributed by atoms with Crippen LogP contribution in [0.2, 0.25) is 0 Å². The van der Waals surface area contributed by atoms with E-state index in [0.717, 1.165) is 25.2 Å². The molecule has 2 aromatic carbocycles. The number of anilines is 1. The van der Waals surface area contributed by atoms with Crippen LogP contribution in [0.5, 0.6) is 0 Å². The van der Waals surface area contributed by atoms with Crippen LogP contribution in [0.4, 0.5) is 5.69 Å². The van der Waals surface area contributed by atoms with Crippen molar-refractivity contribution in [3.63, 3.8) is 0 Å². The number of amides is 1. The first-order chi connectivity index (χ1) is 10.6. The number of carbonyl (C=O) groups is 1. The van der Waals surface area contributed by atoms with E-state index in [4.69, 9.17) is 0 Å². The van der Waals surface area contributed by atoms with Gasteiger partial charge in [0.2, 0.25) is 5.91 Å². The van der Waals surface area contributed by atoms with E-state index in [-0.39, 0.29) is 5.91 Å². The predicted molar refractivity (Wildman–Crippen MR) is 90.0 cm³/mol. The summed E-state index contributed by atoms with van der Waals surface area (Å²) >= 11 is 0. The van der Waals surface area contributed by atoms with Crippen molar-refractivity contribution in [3.05, 3.63) is 64.7 Å². The molecule has 0 bridgehead atoms. The maximum atomic E-state index is 12.5. The minimum Gasteiger partial charge on any atom is -0.376 e. The minimum absolute atomic E-state index is 0.164. The largest absolute Gasteiger partial charge is 0.376 e. The molecular weight excluding hydrogens is 272 g/mol. The number of para-hydroxylation sites is 1. The van der Waals surface area contributed by atoms with Gasteiger partial charge in [-0.05, 0) is 42.5 Å². The molecule has 1 aliphatic heterocycles. The monoisotopic (exact) mass is 294 g/mol. The molecule has 3 nitrogen and oxygen atoms in total. The lowest BCUT2D eigenvalue weighted by atomic mass is 10.00. The Kier molecular flexibility index (Phi) is 4.14. The number of fused-ring (bicyclic) bond motifs is 1. The Morgan fingerprint density at radius 1 is 1.05 bits per heavy atom. The fourth-order valence-corrected chi connectivity index (χ4v) is 3.08. The zero-order valence-corrected chi connectivity index (χ0v) is 13.2. The fraction of sp³-hybridized carbons (Fsp3) is 0.316. The second-order valence-electron chi connectivity index (χ2n) is 5.95. The molecule has 0 saturated carbocycles. The second-order valence-corrected chi connectivity index (χ2v) is 5.95. The van der Waals surface area contributed by atoms with Gasteiger partial charge in [0.1, 0.15) is 0 Å². The first-order valence-electron chi connectivity index (χ1n) is 7.80. The standard InChI is InChI=1S/C19H22N2O/c1-14-6-5-7-15(2)19(14)20-12-18(22)21-11-10-16-8-3-4-9-17(16)13-21/h3-9,20H,10-13H2,1-2H3. The number of hydrogen-bond donors (Lipinski definition) is 1. The van der Waals surface area contributed by atoms with Crippen molar-refractivity contribution in [3.8, 4) is 0 Å². The van der Waals surface area contributed by atoms with Crippen LogP contribution in [0.25, 0.3) is 0 Å². The summed E-state index contributed by atoms with van der Waals surface area (Å²) in [6, 6.07) is 14.6. The molecule has 0 unspecified atom stereocenters. The van der Waals surface area contributed by atoms with Crippen LogP contribution in [0, 0.1) is 13.8 Å². The molecule has 0 aromatic heterocycles. The maximum absolute atomic E-state index is 12.5. The summed E-state index contributed by atoms with van der Waals surface area (Å²) < 4.78 is 0. The van der Waals surface area contributed by atoms with E-state index < -0.39 is 0 Å². The number of hydrogen-bond acceptors (Lipinski definition) is 2. The van der Waals surface area contributed by atoms with Crippen LogP contribution in [0.3, 0.4) is 0 Å². The van der Waals surface area contributed by atoms with Crippen LogP contribution < -0.4 is 5.32 Å². The van der Waals surface area contributed by atoms with Gasteiger partial charge in [0.15, 0.2) is 0 Å². The number of aryl methyl sites for hydroxylation is 2. The van der Waals surface area contributed by atoms with Crippen LogP contribution in [-0.4, -0.2) is 23.9 Å². The molecule has 3 heteroatoms. The average molecular weight is 294 g/mol. The lowest BCUT2D eigenvalue weighted by molar-refractivity contribution is -0.130. The summed E-state index contributed by atoms with van der Waals surface area (Å²) in [5, 5.41) is 3.31. The van der Waals surface area contributed by atoms with Crippen molar-refractivity contribution in [2.45, 2.75) is 26.8 Å². The highest BCUT2D eigenvalue weighted by molar-refractivity contribution is 5.81. The Bertz CT molecular complexity index is 673. The van der Waals surface area contributed by atoms with Crippen molar-refractivity contribution < 1.29 is 4.79 Å². The predicted octanol–water partition coefficient (Wildman–Crippen LogP) is 3.30. The molecule has 0 atom stereocenters. The summed E-state index contributed by atoms with van der Waals surface area (Å²) in [6.07, 6.45) is 0.950. The van der Waals surface area contributed by atoms with E-state index in [1.807, 2.05) is 17.0 Å². The number of rotatable bonds is 3. The van der Waals surface area contributed by atoms with E-state index >= 15 is 0 Å².